The molecule has 0 aliphatic carbocycles. The Morgan fingerprint density at radius 1 is 1.50 bits per heavy atom. The predicted molar refractivity (Wildman–Crippen MR) is 68.9 cm³/mol. The van der Waals surface area contributed by atoms with Gasteiger partial charge in [0.1, 0.15) is 12.8 Å². The first-order valence-corrected chi connectivity index (χ1v) is 5.61. The second-order valence-electron chi connectivity index (χ2n) is 3.46. The molecule has 1 aromatic heterocycles. The van der Waals surface area contributed by atoms with Crippen molar-refractivity contribution < 1.29 is 14.7 Å². The first kappa shape index (κ1) is 14.0. The zero-order valence-electron chi connectivity index (χ0n) is 9.57. The number of hydrogen-bond donors (Lipinski definition) is 2. The zero-order valence-corrected chi connectivity index (χ0v) is 10.4. The number of pyridine rings is 1. The van der Waals surface area contributed by atoms with Crippen molar-refractivity contribution in [3.05, 3.63) is 30.1 Å². The van der Waals surface area contributed by atoms with E-state index in [9.17, 15) is 9.59 Å². The summed E-state index contributed by atoms with van der Waals surface area (Å²) < 4.78 is 0. The number of carbonyl (C=O) groups excluding carboxylic acids is 1. The van der Waals surface area contributed by atoms with Gasteiger partial charge in [0, 0.05) is 18.9 Å². The molecular formula is C11H13N3O3S. The predicted octanol–water partition coefficient (Wildman–Crippen LogP) is 0.0416. The van der Waals surface area contributed by atoms with E-state index in [0.29, 0.717) is 6.54 Å². The second kappa shape index (κ2) is 7.33. The molecule has 7 heteroatoms. The third kappa shape index (κ3) is 4.88. The Morgan fingerprint density at radius 2 is 2.17 bits per heavy atom. The third-order valence-corrected chi connectivity index (χ3v) is 2.50. The minimum atomic E-state index is -1.01. The van der Waals surface area contributed by atoms with Crippen molar-refractivity contribution in [2.75, 3.05) is 13.1 Å². The molecule has 0 atom stereocenters. The van der Waals surface area contributed by atoms with Gasteiger partial charge in [-0.05, 0) is 29.9 Å². The standard InChI is InChI=1S/C11H13N3O3S/c15-6-5-14(11(18)13-7-10(16)17)8-9-1-3-12-4-2-9/h1-4,6H,5,7-8H2,(H,13,18)(H,16,17). The van der Waals surface area contributed by atoms with Crippen molar-refractivity contribution in [3.63, 3.8) is 0 Å². The number of nitrogens with one attached hydrogen (secondary N) is 1. The SMILES string of the molecule is O=CCN(Cc1ccncc1)C(=S)NCC(=O)O. The molecule has 0 aromatic carbocycles. The molecule has 0 fully saturated rings. The average molecular weight is 267 g/mol. The average Bonchev–Trinajstić information content (AvgIpc) is 2.36. The van der Waals surface area contributed by atoms with Gasteiger partial charge in [-0.15, -0.1) is 0 Å². The molecule has 0 bridgehead atoms. The summed E-state index contributed by atoms with van der Waals surface area (Å²) >= 11 is 5.04. The van der Waals surface area contributed by atoms with Crippen molar-refractivity contribution in [3.8, 4) is 0 Å². The molecule has 0 aliphatic rings. The number of aromatic nitrogens is 1. The summed E-state index contributed by atoms with van der Waals surface area (Å²) in [6, 6.07) is 3.61. The molecule has 6 nitrogen and oxygen atoms in total. The largest absolute Gasteiger partial charge is 0.480 e. The summed E-state index contributed by atoms with van der Waals surface area (Å²) in [4.78, 5) is 26.5. The van der Waals surface area contributed by atoms with Crippen molar-refractivity contribution in [1.82, 2.24) is 15.2 Å². The van der Waals surface area contributed by atoms with Crippen LogP contribution in [0.3, 0.4) is 0 Å². The molecule has 18 heavy (non-hydrogen) atoms. The first-order valence-electron chi connectivity index (χ1n) is 5.20. The van der Waals surface area contributed by atoms with Gasteiger partial charge in [0.2, 0.25) is 0 Å². The Morgan fingerprint density at radius 3 is 2.72 bits per heavy atom. The van der Waals surface area contributed by atoms with Gasteiger partial charge < -0.3 is 20.1 Å². The lowest BCUT2D eigenvalue weighted by Crippen LogP contribution is -2.42. The van der Waals surface area contributed by atoms with Gasteiger partial charge in [-0.3, -0.25) is 9.78 Å². The van der Waals surface area contributed by atoms with E-state index in [1.54, 1.807) is 29.4 Å². The summed E-state index contributed by atoms with van der Waals surface area (Å²) in [7, 11) is 0. The number of aliphatic carboxylic acids is 1. The summed E-state index contributed by atoms with van der Waals surface area (Å²) in [6.45, 7) is 0.255. The minimum absolute atomic E-state index is 0.105. The normalized spacial score (nSPS) is 9.56. The molecule has 0 saturated carbocycles. The molecular weight excluding hydrogens is 254 g/mol. The van der Waals surface area contributed by atoms with E-state index >= 15 is 0 Å². The maximum Gasteiger partial charge on any atom is 0.322 e. The number of carbonyl (C=O) groups is 2. The summed E-state index contributed by atoms with van der Waals surface area (Å²) in [5.41, 5.74) is 0.936. The molecule has 0 spiro atoms. The van der Waals surface area contributed by atoms with Crippen LogP contribution >= 0.6 is 12.2 Å². The van der Waals surface area contributed by atoms with E-state index in [0.717, 1.165) is 11.8 Å². The van der Waals surface area contributed by atoms with Gasteiger partial charge in [0.15, 0.2) is 5.11 Å². The van der Waals surface area contributed by atoms with Crippen molar-refractivity contribution >= 4 is 29.6 Å². The third-order valence-electron chi connectivity index (χ3n) is 2.10. The fourth-order valence-electron chi connectivity index (χ4n) is 1.28. The van der Waals surface area contributed by atoms with Crippen LogP contribution in [0.5, 0.6) is 0 Å². The molecule has 96 valence electrons. The van der Waals surface area contributed by atoms with Gasteiger partial charge in [-0.25, -0.2) is 0 Å². The number of thiocarbonyl (C=S) groups is 1. The molecule has 1 aromatic rings. The number of nitrogens with zero attached hydrogens (tertiary/aromatic N) is 2. The molecule has 0 aliphatic heterocycles. The topological polar surface area (TPSA) is 82.5 Å². The summed E-state index contributed by atoms with van der Waals surface area (Å²) in [5, 5.41) is 11.4. The van der Waals surface area contributed by atoms with Crippen LogP contribution < -0.4 is 5.32 Å². The lowest BCUT2D eigenvalue weighted by atomic mass is 10.2. The quantitative estimate of drug-likeness (QED) is 0.556. The number of carboxylic acids is 1. The lowest BCUT2D eigenvalue weighted by molar-refractivity contribution is -0.135. The molecule has 2 N–H and O–H groups in total. The van der Waals surface area contributed by atoms with Crippen LogP contribution in [0.25, 0.3) is 0 Å². The van der Waals surface area contributed by atoms with Crippen LogP contribution in [-0.2, 0) is 16.1 Å². The summed E-state index contributed by atoms with van der Waals surface area (Å²) in [5.74, 6) is -1.01. The Hall–Kier alpha value is -2.02. The zero-order chi connectivity index (χ0) is 13.4. The molecule has 0 amide bonds. The highest BCUT2D eigenvalue weighted by Crippen LogP contribution is 2.02. The van der Waals surface area contributed by atoms with E-state index in [1.807, 2.05) is 0 Å². The van der Waals surface area contributed by atoms with E-state index < -0.39 is 5.97 Å². The highest BCUT2D eigenvalue weighted by atomic mass is 32.1. The lowest BCUT2D eigenvalue weighted by Gasteiger charge is -2.23. The Balaban J connectivity index is 2.61. The van der Waals surface area contributed by atoms with Crippen molar-refractivity contribution in [1.29, 1.82) is 0 Å². The van der Waals surface area contributed by atoms with E-state index in [-0.39, 0.29) is 18.2 Å². The monoisotopic (exact) mass is 267 g/mol. The van der Waals surface area contributed by atoms with Gasteiger partial charge >= 0.3 is 5.97 Å². The van der Waals surface area contributed by atoms with Crippen LogP contribution in [0.4, 0.5) is 0 Å². The van der Waals surface area contributed by atoms with Crippen LogP contribution in [0.1, 0.15) is 5.56 Å². The van der Waals surface area contributed by atoms with Crippen molar-refractivity contribution in [2.45, 2.75) is 6.54 Å². The first-order chi connectivity index (χ1) is 8.63. The number of aldehydes is 1. The molecule has 1 rings (SSSR count). The van der Waals surface area contributed by atoms with Gasteiger partial charge in [-0.2, -0.15) is 0 Å². The number of rotatable bonds is 6. The Bertz CT molecular complexity index is 425. The summed E-state index contributed by atoms with van der Waals surface area (Å²) in [6.07, 6.45) is 4.00. The van der Waals surface area contributed by atoms with Crippen LogP contribution in [0, 0.1) is 0 Å². The highest BCUT2D eigenvalue weighted by molar-refractivity contribution is 7.80. The second-order valence-corrected chi connectivity index (χ2v) is 3.84. The minimum Gasteiger partial charge on any atom is -0.480 e. The molecule has 1 heterocycles. The maximum atomic E-state index is 10.6. The molecule has 0 unspecified atom stereocenters. The van der Waals surface area contributed by atoms with Gasteiger partial charge in [0.25, 0.3) is 0 Å². The van der Waals surface area contributed by atoms with E-state index in [4.69, 9.17) is 17.3 Å². The van der Waals surface area contributed by atoms with E-state index in [2.05, 4.69) is 10.3 Å². The maximum absolute atomic E-state index is 10.6. The van der Waals surface area contributed by atoms with Gasteiger partial charge in [-0.1, -0.05) is 0 Å². The smallest absolute Gasteiger partial charge is 0.322 e. The van der Waals surface area contributed by atoms with Crippen LogP contribution in [0.15, 0.2) is 24.5 Å². The molecule has 0 saturated heterocycles. The van der Waals surface area contributed by atoms with E-state index in [1.165, 1.54) is 0 Å². The fraction of sp³-hybridized carbons (Fsp3) is 0.273. The Kier molecular flexibility index (Phi) is 5.72. The highest BCUT2D eigenvalue weighted by Gasteiger charge is 2.10. The van der Waals surface area contributed by atoms with Crippen molar-refractivity contribution in [2.24, 2.45) is 0 Å². The molecule has 0 radical (unpaired) electrons. The Labute approximate surface area is 110 Å². The number of carboxylic acid groups (broad SMARTS) is 1. The van der Waals surface area contributed by atoms with Crippen LogP contribution in [-0.4, -0.2) is 45.4 Å². The van der Waals surface area contributed by atoms with Gasteiger partial charge in [0.05, 0.1) is 6.54 Å². The number of hydrogen-bond acceptors (Lipinski definition) is 4. The fourth-order valence-corrected chi connectivity index (χ4v) is 1.49. The van der Waals surface area contributed by atoms with Crippen LogP contribution in [0.2, 0.25) is 0 Å².